The van der Waals surface area contributed by atoms with E-state index in [1.165, 1.54) is 11.0 Å². The number of pyridine rings is 1. The molecule has 1 aliphatic rings. The number of aliphatic hydroxyl groups is 1. The first-order chi connectivity index (χ1) is 14.2. The second kappa shape index (κ2) is 7.07. The van der Waals surface area contributed by atoms with Gasteiger partial charge in [-0.05, 0) is 24.3 Å². The van der Waals surface area contributed by atoms with E-state index < -0.39 is 23.4 Å². The predicted octanol–water partition coefficient (Wildman–Crippen LogP) is 2.66. The van der Waals surface area contributed by atoms with Gasteiger partial charge in [-0.3, -0.25) is 4.79 Å². The predicted molar refractivity (Wildman–Crippen MR) is 102 cm³/mol. The Labute approximate surface area is 169 Å². The molecular formula is C21H15F3N4O2. The standard InChI is InChI=1S/C21H15F3N4O2/c1-28-10-9-20(30,19(28)29)8-7-13-3-2-4-14(11-13)15-5-6-16-17(27-15)18(21(22,23)24)26-12-25-16/h2-6,11-12,30H,9-10H2,1H3. The van der Waals surface area contributed by atoms with E-state index in [4.69, 9.17) is 0 Å². The molecule has 0 saturated carbocycles. The summed E-state index contributed by atoms with van der Waals surface area (Å²) in [6.45, 7) is 0.411. The highest BCUT2D eigenvalue weighted by Crippen LogP contribution is 2.32. The van der Waals surface area contributed by atoms with Crippen LogP contribution in [0.1, 0.15) is 17.7 Å². The SMILES string of the molecule is CN1CCC(O)(C#Cc2cccc(-c3ccc4ncnc(C(F)(F)F)c4n3)c2)C1=O. The van der Waals surface area contributed by atoms with Crippen LogP contribution in [0.15, 0.2) is 42.7 Å². The van der Waals surface area contributed by atoms with Gasteiger partial charge in [-0.15, -0.1) is 0 Å². The first kappa shape index (κ1) is 19.8. The number of hydrogen-bond acceptors (Lipinski definition) is 5. The molecule has 1 unspecified atom stereocenters. The van der Waals surface area contributed by atoms with Crippen molar-refractivity contribution in [3.63, 3.8) is 0 Å². The third kappa shape index (κ3) is 3.57. The lowest BCUT2D eigenvalue weighted by molar-refractivity contribution is -0.140. The number of benzene rings is 1. The van der Waals surface area contributed by atoms with E-state index in [0.717, 1.165) is 6.33 Å². The van der Waals surface area contributed by atoms with Crippen LogP contribution in [0.25, 0.3) is 22.3 Å². The van der Waals surface area contributed by atoms with Crippen LogP contribution in [0.5, 0.6) is 0 Å². The van der Waals surface area contributed by atoms with Gasteiger partial charge in [0.15, 0.2) is 5.69 Å². The Hall–Kier alpha value is -3.51. The first-order valence-corrected chi connectivity index (χ1v) is 8.98. The first-order valence-electron chi connectivity index (χ1n) is 8.98. The van der Waals surface area contributed by atoms with Gasteiger partial charge in [0.25, 0.3) is 5.91 Å². The number of rotatable bonds is 1. The monoisotopic (exact) mass is 412 g/mol. The highest BCUT2D eigenvalue weighted by Gasteiger charge is 2.42. The number of amides is 1. The molecule has 0 radical (unpaired) electrons. The molecule has 30 heavy (non-hydrogen) atoms. The highest BCUT2D eigenvalue weighted by molar-refractivity contribution is 5.90. The summed E-state index contributed by atoms with van der Waals surface area (Å²) in [6.07, 6.45) is -3.59. The van der Waals surface area contributed by atoms with Crippen molar-refractivity contribution in [1.29, 1.82) is 0 Å². The average Bonchev–Trinajstić information content (AvgIpc) is 2.99. The Morgan fingerprint density at radius 2 is 2.00 bits per heavy atom. The fraction of sp³-hybridized carbons (Fsp3) is 0.238. The summed E-state index contributed by atoms with van der Waals surface area (Å²) >= 11 is 0. The lowest BCUT2D eigenvalue weighted by atomic mass is 10.0. The number of carbonyl (C=O) groups excluding carboxylic acids is 1. The molecule has 0 spiro atoms. The van der Waals surface area contributed by atoms with E-state index in [9.17, 15) is 23.1 Å². The molecular weight excluding hydrogens is 397 g/mol. The number of likely N-dealkylation sites (N-methyl/N-ethyl adjacent to an activating group) is 1. The quantitative estimate of drug-likeness (QED) is 0.622. The van der Waals surface area contributed by atoms with E-state index in [1.54, 1.807) is 37.4 Å². The van der Waals surface area contributed by atoms with Gasteiger partial charge >= 0.3 is 6.18 Å². The minimum atomic E-state index is -4.66. The van der Waals surface area contributed by atoms with E-state index >= 15 is 0 Å². The summed E-state index contributed by atoms with van der Waals surface area (Å²) in [5.74, 6) is 4.94. The minimum Gasteiger partial charge on any atom is -0.369 e. The van der Waals surface area contributed by atoms with Gasteiger partial charge < -0.3 is 10.0 Å². The fourth-order valence-corrected chi connectivity index (χ4v) is 3.21. The number of nitrogens with zero attached hydrogens (tertiary/aromatic N) is 4. The Bertz CT molecular complexity index is 1220. The van der Waals surface area contributed by atoms with E-state index in [1.807, 2.05) is 0 Å². The third-order valence-corrected chi connectivity index (χ3v) is 4.83. The van der Waals surface area contributed by atoms with Gasteiger partial charge in [0.1, 0.15) is 11.8 Å². The number of likely N-dealkylation sites (tertiary alicyclic amines) is 1. The summed E-state index contributed by atoms with van der Waals surface area (Å²) in [5, 5.41) is 10.4. The van der Waals surface area contributed by atoms with Gasteiger partial charge in [-0.25, -0.2) is 15.0 Å². The molecule has 1 saturated heterocycles. The lowest BCUT2D eigenvalue weighted by Gasteiger charge is -2.13. The number of hydrogen-bond donors (Lipinski definition) is 1. The second-order valence-corrected chi connectivity index (χ2v) is 6.95. The van der Waals surface area contributed by atoms with Crippen LogP contribution < -0.4 is 0 Å². The van der Waals surface area contributed by atoms with Gasteiger partial charge in [0, 0.05) is 31.1 Å². The van der Waals surface area contributed by atoms with Crippen LogP contribution in [0, 0.1) is 11.8 Å². The van der Waals surface area contributed by atoms with Crippen LogP contribution >= 0.6 is 0 Å². The van der Waals surface area contributed by atoms with Crippen LogP contribution in [-0.4, -0.2) is 50.1 Å². The highest BCUT2D eigenvalue weighted by atomic mass is 19.4. The Morgan fingerprint density at radius 3 is 2.70 bits per heavy atom. The maximum absolute atomic E-state index is 13.3. The van der Waals surface area contributed by atoms with Crippen LogP contribution in [0.2, 0.25) is 0 Å². The number of alkyl halides is 3. The lowest BCUT2D eigenvalue weighted by Crippen LogP contribution is -2.37. The molecule has 3 heterocycles. The molecule has 3 aromatic rings. The van der Waals surface area contributed by atoms with E-state index in [2.05, 4.69) is 26.8 Å². The van der Waals surface area contributed by atoms with Gasteiger partial charge in [-0.1, -0.05) is 24.0 Å². The topological polar surface area (TPSA) is 79.2 Å². The number of halogens is 3. The number of carbonyl (C=O) groups is 1. The van der Waals surface area contributed by atoms with Gasteiger partial charge in [-0.2, -0.15) is 13.2 Å². The average molecular weight is 412 g/mol. The van der Waals surface area contributed by atoms with Crippen molar-refractivity contribution >= 4 is 16.9 Å². The van der Waals surface area contributed by atoms with Crippen molar-refractivity contribution in [2.75, 3.05) is 13.6 Å². The molecule has 1 aliphatic heterocycles. The van der Waals surface area contributed by atoms with E-state index in [-0.39, 0.29) is 17.5 Å². The maximum Gasteiger partial charge on any atom is 0.435 e. The third-order valence-electron chi connectivity index (χ3n) is 4.83. The molecule has 1 amide bonds. The molecule has 152 valence electrons. The van der Waals surface area contributed by atoms with Crippen molar-refractivity contribution in [2.24, 2.45) is 0 Å². The summed E-state index contributed by atoms with van der Waals surface area (Å²) in [7, 11) is 1.59. The maximum atomic E-state index is 13.3. The van der Waals surface area contributed by atoms with Crippen LogP contribution in [0.3, 0.4) is 0 Å². The molecule has 1 atom stereocenters. The number of fused-ring (bicyclic) bond motifs is 1. The Kier molecular flexibility index (Phi) is 4.67. The smallest absolute Gasteiger partial charge is 0.369 e. The summed E-state index contributed by atoms with van der Waals surface area (Å²) in [5.41, 5.74) is -1.77. The Balaban J connectivity index is 1.72. The normalized spacial score (nSPS) is 19.1. The van der Waals surface area contributed by atoms with Gasteiger partial charge in [0.2, 0.25) is 5.60 Å². The molecule has 0 aliphatic carbocycles. The number of aromatic nitrogens is 3. The summed E-state index contributed by atoms with van der Waals surface area (Å²) in [6, 6.07) is 9.66. The van der Waals surface area contributed by atoms with Gasteiger partial charge in [0.05, 0.1) is 11.2 Å². The van der Waals surface area contributed by atoms with Crippen molar-refractivity contribution in [2.45, 2.75) is 18.2 Å². The molecule has 1 aromatic carbocycles. The van der Waals surface area contributed by atoms with Crippen LogP contribution in [-0.2, 0) is 11.0 Å². The van der Waals surface area contributed by atoms with Crippen molar-refractivity contribution < 1.29 is 23.1 Å². The zero-order chi connectivity index (χ0) is 21.5. The van der Waals surface area contributed by atoms with Crippen molar-refractivity contribution in [1.82, 2.24) is 19.9 Å². The second-order valence-electron chi connectivity index (χ2n) is 6.95. The van der Waals surface area contributed by atoms with E-state index in [0.29, 0.717) is 23.4 Å². The van der Waals surface area contributed by atoms with Crippen molar-refractivity contribution in [3.05, 3.63) is 54.0 Å². The fourth-order valence-electron chi connectivity index (χ4n) is 3.21. The minimum absolute atomic E-state index is 0.0862. The summed E-state index contributed by atoms with van der Waals surface area (Å²) < 4.78 is 39.8. The largest absolute Gasteiger partial charge is 0.435 e. The molecule has 1 N–H and O–H groups in total. The molecule has 0 bridgehead atoms. The molecule has 6 nitrogen and oxygen atoms in total. The molecule has 9 heteroatoms. The molecule has 2 aromatic heterocycles. The Morgan fingerprint density at radius 1 is 1.20 bits per heavy atom. The summed E-state index contributed by atoms with van der Waals surface area (Å²) in [4.78, 5) is 24.7. The molecule has 1 fully saturated rings. The molecule has 4 rings (SSSR count). The zero-order valence-corrected chi connectivity index (χ0v) is 15.7. The van der Waals surface area contributed by atoms with Crippen molar-refractivity contribution in [3.8, 4) is 23.1 Å². The van der Waals surface area contributed by atoms with Crippen LogP contribution in [0.4, 0.5) is 13.2 Å². The zero-order valence-electron chi connectivity index (χ0n) is 15.7.